The molecule has 0 bridgehead atoms. The number of hydrogen-bond acceptors (Lipinski definition) is 6. The quantitative estimate of drug-likeness (QED) is 0.412. The van der Waals surface area contributed by atoms with E-state index in [9.17, 15) is 24.0 Å². The first-order valence-electron chi connectivity index (χ1n) is 10.3. The van der Waals surface area contributed by atoms with E-state index >= 15 is 0 Å². The molecule has 0 spiro atoms. The average Bonchev–Trinajstić information content (AvgIpc) is 2.96. The molecule has 0 radical (unpaired) electrons. The van der Waals surface area contributed by atoms with E-state index in [-0.39, 0.29) is 29.9 Å². The van der Waals surface area contributed by atoms with Crippen molar-refractivity contribution in [2.45, 2.75) is 51.5 Å². The zero-order chi connectivity index (χ0) is 21.7. The highest BCUT2D eigenvalue weighted by Crippen LogP contribution is 2.32. The number of fused-ring (bicyclic) bond motifs is 1. The van der Waals surface area contributed by atoms with Crippen LogP contribution < -0.4 is 16.0 Å². The van der Waals surface area contributed by atoms with Crippen LogP contribution in [0.4, 0.5) is 5.69 Å². The Balaban J connectivity index is 1.60. The molecule has 160 valence electrons. The lowest BCUT2D eigenvalue weighted by molar-refractivity contribution is -0.136. The number of carbonyl (C=O) groups excluding carboxylic acids is 5. The predicted octanol–water partition coefficient (Wildman–Crippen LogP) is 1.20. The number of unbranched alkanes of at least 4 members (excludes halogenated alkanes) is 2. The van der Waals surface area contributed by atoms with Gasteiger partial charge in [-0.25, -0.2) is 0 Å². The van der Waals surface area contributed by atoms with Crippen LogP contribution in [0.15, 0.2) is 18.2 Å². The van der Waals surface area contributed by atoms with Crippen molar-refractivity contribution in [2.24, 2.45) is 0 Å². The molecule has 0 aromatic heterocycles. The van der Waals surface area contributed by atoms with Gasteiger partial charge in [-0.1, -0.05) is 12.5 Å². The fourth-order valence-electron chi connectivity index (χ4n) is 3.76. The Labute approximate surface area is 174 Å². The van der Waals surface area contributed by atoms with Crippen LogP contribution in [0.25, 0.3) is 0 Å². The maximum atomic E-state index is 13.0. The molecule has 2 heterocycles. The number of hydrogen-bond donors (Lipinski definition) is 3. The highest BCUT2D eigenvalue weighted by Gasteiger charge is 2.45. The summed E-state index contributed by atoms with van der Waals surface area (Å²) < 4.78 is 0. The number of carbonyl (C=O) groups is 5. The van der Waals surface area contributed by atoms with Gasteiger partial charge in [0.2, 0.25) is 17.7 Å². The fourth-order valence-corrected chi connectivity index (χ4v) is 3.76. The first-order chi connectivity index (χ1) is 14.4. The number of nitrogens with one attached hydrogen (secondary N) is 3. The van der Waals surface area contributed by atoms with Crippen LogP contribution in [0.2, 0.25) is 0 Å². The van der Waals surface area contributed by atoms with E-state index in [4.69, 9.17) is 0 Å². The minimum atomic E-state index is -0.975. The van der Waals surface area contributed by atoms with Crippen molar-refractivity contribution < 1.29 is 24.0 Å². The lowest BCUT2D eigenvalue weighted by Crippen LogP contribution is -2.54. The molecule has 5 amide bonds. The molecule has 9 heteroatoms. The molecule has 1 aromatic rings. The van der Waals surface area contributed by atoms with Crippen molar-refractivity contribution in [1.82, 2.24) is 15.5 Å². The Hall–Kier alpha value is -3.23. The molecular weight excluding hydrogens is 388 g/mol. The van der Waals surface area contributed by atoms with Crippen molar-refractivity contribution in [2.75, 3.05) is 18.4 Å². The van der Waals surface area contributed by atoms with Crippen LogP contribution in [-0.2, 0) is 14.4 Å². The minimum absolute atomic E-state index is 0.0454. The number of anilines is 1. The highest BCUT2D eigenvalue weighted by molar-refractivity contribution is 6.25. The number of benzene rings is 1. The molecule has 1 fully saturated rings. The SMILES string of the molecule is CCNC(=O)CCCCCNc1cccc2c1C(=O)N(C1CCC(=O)NC1=O)C2=O. The number of imide groups is 2. The standard InChI is InChI=1S/C21H26N4O5/c1-2-22-16(26)9-4-3-5-12-23-14-8-6-7-13-18(14)21(30)25(20(13)29)15-10-11-17(27)24-19(15)28/h6-8,15,23H,2-5,9-12H2,1H3,(H,22,26)(H,24,27,28). The van der Waals surface area contributed by atoms with E-state index in [1.807, 2.05) is 6.92 Å². The van der Waals surface area contributed by atoms with Gasteiger partial charge in [0.25, 0.3) is 11.8 Å². The summed E-state index contributed by atoms with van der Waals surface area (Å²) in [4.78, 5) is 61.7. The van der Waals surface area contributed by atoms with Gasteiger partial charge in [-0.3, -0.25) is 34.2 Å². The van der Waals surface area contributed by atoms with Gasteiger partial charge in [0.05, 0.1) is 11.1 Å². The summed E-state index contributed by atoms with van der Waals surface area (Å²) in [5.41, 5.74) is 1.06. The molecule has 3 rings (SSSR count). The highest BCUT2D eigenvalue weighted by atomic mass is 16.2. The maximum absolute atomic E-state index is 13.0. The van der Waals surface area contributed by atoms with Crippen molar-refractivity contribution in [3.8, 4) is 0 Å². The van der Waals surface area contributed by atoms with Crippen LogP contribution in [0.1, 0.15) is 66.2 Å². The normalized spacial score (nSPS) is 18.3. The Bertz CT molecular complexity index is 882. The molecule has 1 atom stereocenters. The van der Waals surface area contributed by atoms with Crippen LogP contribution in [0.3, 0.4) is 0 Å². The van der Waals surface area contributed by atoms with Gasteiger partial charge in [0.1, 0.15) is 6.04 Å². The van der Waals surface area contributed by atoms with Gasteiger partial charge in [0, 0.05) is 31.6 Å². The summed E-state index contributed by atoms with van der Waals surface area (Å²) in [5, 5.41) is 8.15. The summed E-state index contributed by atoms with van der Waals surface area (Å²) in [6.07, 6.45) is 3.15. The minimum Gasteiger partial charge on any atom is -0.384 e. The second-order valence-electron chi connectivity index (χ2n) is 7.37. The molecule has 1 unspecified atom stereocenters. The monoisotopic (exact) mass is 414 g/mol. The topological polar surface area (TPSA) is 125 Å². The maximum Gasteiger partial charge on any atom is 0.264 e. The van der Waals surface area contributed by atoms with E-state index in [2.05, 4.69) is 16.0 Å². The zero-order valence-corrected chi connectivity index (χ0v) is 17.0. The van der Waals surface area contributed by atoms with Crippen molar-refractivity contribution in [3.63, 3.8) is 0 Å². The van der Waals surface area contributed by atoms with Crippen molar-refractivity contribution in [3.05, 3.63) is 29.3 Å². The second kappa shape index (κ2) is 9.51. The van der Waals surface area contributed by atoms with Gasteiger partial charge in [0.15, 0.2) is 0 Å². The fraction of sp³-hybridized carbons (Fsp3) is 0.476. The van der Waals surface area contributed by atoms with Crippen LogP contribution in [0, 0.1) is 0 Å². The average molecular weight is 414 g/mol. The third-order valence-electron chi connectivity index (χ3n) is 5.24. The van der Waals surface area contributed by atoms with Gasteiger partial charge in [-0.05, 0) is 38.3 Å². The molecule has 2 aliphatic rings. The van der Waals surface area contributed by atoms with Crippen molar-refractivity contribution in [1.29, 1.82) is 0 Å². The van der Waals surface area contributed by atoms with Gasteiger partial charge >= 0.3 is 0 Å². The van der Waals surface area contributed by atoms with Crippen LogP contribution >= 0.6 is 0 Å². The first-order valence-corrected chi connectivity index (χ1v) is 10.3. The summed E-state index contributed by atoms with van der Waals surface area (Å²) >= 11 is 0. The third kappa shape index (κ3) is 4.50. The lowest BCUT2D eigenvalue weighted by atomic mass is 10.0. The first kappa shape index (κ1) is 21.5. The van der Waals surface area contributed by atoms with E-state index in [1.54, 1.807) is 18.2 Å². The number of rotatable bonds is 9. The molecular formula is C21H26N4O5. The molecule has 0 saturated carbocycles. The van der Waals surface area contributed by atoms with E-state index < -0.39 is 29.7 Å². The van der Waals surface area contributed by atoms with E-state index in [1.165, 1.54) is 0 Å². The van der Waals surface area contributed by atoms with E-state index in [0.717, 1.165) is 24.2 Å². The lowest BCUT2D eigenvalue weighted by Gasteiger charge is -2.27. The number of piperidine rings is 1. The summed E-state index contributed by atoms with van der Waals surface area (Å²) in [6, 6.07) is 4.01. The van der Waals surface area contributed by atoms with Crippen LogP contribution in [-0.4, -0.2) is 53.6 Å². The summed E-state index contributed by atoms with van der Waals surface area (Å²) in [7, 11) is 0. The smallest absolute Gasteiger partial charge is 0.264 e. The molecule has 9 nitrogen and oxygen atoms in total. The molecule has 30 heavy (non-hydrogen) atoms. The zero-order valence-electron chi connectivity index (χ0n) is 17.0. The molecule has 1 saturated heterocycles. The van der Waals surface area contributed by atoms with Gasteiger partial charge in [-0.15, -0.1) is 0 Å². The Morgan fingerprint density at radius 1 is 1.13 bits per heavy atom. The molecule has 0 aliphatic carbocycles. The predicted molar refractivity (Wildman–Crippen MR) is 109 cm³/mol. The van der Waals surface area contributed by atoms with Gasteiger partial charge < -0.3 is 10.6 Å². The second-order valence-corrected chi connectivity index (χ2v) is 7.37. The Kier molecular flexibility index (Phi) is 6.81. The van der Waals surface area contributed by atoms with Crippen LogP contribution in [0.5, 0.6) is 0 Å². The van der Waals surface area contributed by atoms with Gasteiger partial charge in [-0.2, -0.15) is 0 Å². The third-order valence-corrected chi connectivity index (χ3v) is 5.24. The van der Waals surface area contributed by atoms with Crippen molar-refractivity contribution >= 4 is 35.2 Å². The molecule has 1 aromatic carbocycles. The Morgan fingerprint density at radius 2 is 1.93 bits per heavy atom. The van der Waals surface area contributed by atoms with E-state index in [0.29, 0.717) is 25.2 Å². The number of nitrogens with zero attached hydrogens (tertiary/aromatic N) is 1. The molecule has 2 aliphatic heterocycles. The summed E-state index contributed by atoms with van der Waals surface area (Å²) in [6.45, 7) is 3.10. The number of amides is 5. The summed E-state index contributed by atoms with van der Waals surface area (Å²) in [5.74, 6) is -2.02. The molecule has 3 N–H and O–H groups in total. The Morgan fingerprint density at radius 3 is 2.67 bits per heavy atom. The largest absolute Gasteiger partial charge is 0.384 e.